The Morgan fingerprint density at radius 3 is 2.12 bits per heavy atom. The zero-order chi connectivity index (χ0) is 23.7. The van der Waals surface area contributed by atoms with Gasteiger partial charge in [0.05, 0.1) is 26.7 Å². The van der Waals surface area contributed by atoms with Crippen molar-refractivity contribution in [3.63, 3.8) is 0 Å². The van der Waals surface area contributed by atoms with E-state index in [4.69, 9.17) is 0 Å². The molecule has 4 nitrogen and oxygen atoms in total. The topological polar surface area (TPSA) is 28.2 Å². The van der Waals surface area contributed by atoms with E-state index in [0.717, 1.165) is 32.7 Å². The van der Waals surface area contributed by atoms with E-state index in [-0.39, 0.29) is 0 Å². The van der Waals surface area contributed by atoms with Gasteiger partial charge in [0.1, 0.15) is 11.4 Å². The molecule has 2 aliphatic heterocycles. The third-order valence-corrected chi connectivity index (χ3v) is 7.21. The van der Waals surface area contributed by atoms with Gasteiger partial charge in [-0.05, 0) is 67.9 Å². The molecule has 5 rings (SSSR count). The summed E-state index contributed by atoms with van der Waals surface area (Å²) in [6.07, 6.45) is 2.20. The highest BCUT2D eigenvalue weighted by atomic mass is 16.2. The van der Waals surface area contributed by atoms with Crippen LogP contribution in [0.2, 0.25) is 0 Å². The normalized spacial score (nSPS) is 20.2. The first-order valence-corrected chi connectivity index (χ1v) is 11.7. The molecule has 0 fully saturated rings. The monoisotopic (exact) mass is 438 g/mol. The molecule has 0 radical (unpaired) electrons. The number of allylic oxidation sites excluding steroid dienone is 2. The summed E-state index contributed by atoms with van der Waals surface area (Å²) in [5, 5.41) is 12.6. The van der Waals surface area contributed by atoms with Crippen LogP contribution in [0, 0.1) is 13.8 Å². The number of aromatic nitrogens is 1. The molecule has 2 aliphatic rings. The van der Waals surface area contributed by atoms with Crippen molar-refractivity contribution < 1.29 is 9.51 Å². The lowest BCUT2D eigenvalue weighted by atomic mass is 9.55. The lowest BCUT2D eigenvalue weighted by molar-refractivity contribution is -0.352. The largest absolute Gasteiger partial charge is 0.542 e. The van der Waals surface area contributed by atoms with Crippen molar-refractivity contribution in [2.75, 3.05) is 21.1 Å². The van der Waals surface area contributed by atoms with Gasteiger partial charge in [-0.3, -0.25) is 4.48 Å². The second-order valence-corrected chi connectivity index (χ2v) is 10.5. The molecule has 168 valence electrons. The van der Waals surface area contributed by atoms with Gasteiger partial charge >= 0.3 is 6.62 Å². The number of aryl methyl sites for hydroxylation is 2. The molecule has 5 heteroatoms. The van der Waals surface area contributed by atoms with Gasteiger partial charge in [0.25, 0.3) is 0 Å². The van der Waals surface area contributed by atoms with Crippen molar-refractivity contribution in [2.45, 2.75) is 27.7 Å². The minimum Gasteiger partial charge on any atom is -0.522 e. The summed E-state index contributed by atoms with van der Waals surface area (Å²) in [5.74, 6) is 0. The van der Waals surface area contributed by atoms with Crippen molar-refractivity contribution in [1.29, 1.82) is 0 Å². The van der Waals surface area contributed by atoms with Crippen molar-refractivity contribution in [2.24, 2.45) is 0 Å². The highest BCUT2D eigenvalue weighted by Crippen LogP contribution is 2.43. The summed E-state index contributed by atoms with van der Waals surface area (Å²) in [6.45, 7) is 6.28. The predicted molar refractivity (Wildman–Crippen MR) is 140 cm³/mol. The third kappa shape index (κ3) is 3.03. The Morgan fingerprint density at radius 1 is 0.879 bits per heavy atom. The van der Waals surface area contributed by atoms with Crippen LogP contribution in [0.3, 0.4) is 0 Å². The molecule has 1 atom stereocenters. The average Bonchev–Trinajstić information content (AvgIpc) is 3.24. The number of fused-ring (bicyclic) bond motifs is 2. The third-order valence-electron chi connectivity index (χ3n) is 7.21. The first-order valence-electron chi connectivity index (χ1n) is 11.7. The van der Waals surface area contributed by atoms with Crippen molar-refractivity contribution in [3.05, 3.63) is 101 Å². The highest BCUT2D eigenvalue weighted by molar-refractivity contribution is 6.78. The van der Waals surface area contributed by atoms with Crippen LogP contribution < -0.4 is 9.95 Å². The lowest BCUT2D eigenvalue weighted by Crippen LogP contribution is -2.66. The molecule has 2 aromatic carbocycles. The first kappa shape index (κ1) is 21.7. The van der Waals surface area contributed by atoms with E-state index >= 15 is 0 Å². The van der Waals surface area contributed by atoms with E-state index in [1.54, 1.807) is 0 Å². The number of hydrogen-bond acceptors (Lipinski definition) is 1. The molecule has 0 amide bonds. The molecular weight excluding hydrogens is 405 g/mol. The fourth-order valence-corrected chi connectivity index (χ4v) is 5.78. The van der Waals surface area contributed by atoms with E-state index in [2.05, 4.69) is 94.2 Å². The van der Waals surface area contributed by atoms with Crippen LogP contribution in [0.4, 0.5) is 5.69 Å². The number of hydrogen-bond donors (Lipinski definition) is 1. The maximum absolute atomic E-state index is 12.6. The Bertz CT molecular complexity index is 1370. The first-order chi connectivity index (χ1) is 15.5. The Kier molecular flexibility index (Phi) is 4.72. The van der Waals surface area contributed by atoms with Crippen LogP contribution in [-0.4, -0.2) is 47.5 Å². The molecule has 0 aliphatic carbocycles. The van der Waals surface area contributed by atoms with Crippen LogP contribution in [-0.2, 0) is 0 Å². The molecule has 0 saturated carbocycles. The van der Waals surface area contributed by atoms with Crippen LogP contribution >= 0.6 is 0 Å². The molecule has 1 N–H and O–H groups in total. The Morgan fingerprint density at radius 2 is 1.52 bits per heavy atom. The van der Waals surface area contributed by atoms with Crippen molar-refractivity contribution in [1.82, 2.24) is 8.96 Å². The summed E-state index contributed by atoms with van der Waals surface area (Å²) >= 11 is 0. The van der Waals surface area contributed by atoms with Crippen LogP contribution in [0.15, 0.2) is 78.0 Å². The fraction of sp³-hybridized carbons (Fsp3) is 0.250. The zero-order valence-electron chi connectivity index (χ0n) is 20.7. The van der Waals surface area contributed by atoms with Gasteiger partial charge in [0.15, 0.2) is 5.70 Å². The minimum absolute atomic E-state index is 0.773. The maximum atomic E-state index is 12.6. The minimum atomic E-state index is -2.22. The maximum Gasteiger partial charge on any atom is 0.542 e. The fourth-order valence-electron chi connectivity index (χ4n) is 5.78. The molecular formula is C28H33BN3O+. The Labute approximate surface area is 197 Å². The predicted octanol–water partition coefficient (Wildman–Crippen LogP) is 4.19. The van der Waals surface area contributed by atoms with Gasteiger partial charge in [0, 0.05) is 24.3 Å². The Hall–Kier alpha value is -3.15. The number of quaternary nitrogens is 1. The smallest absolute Gasteiger partial charge is 0.522 e. The van der Waals surface area contributed by atoms with Crippen molar-refractivity contribution in [3.8, 4) is 0 Å². The van der Waals surface area contributed by atoms with Gasteiger partial charge in [-0.1, -0.05) is 35.8 Å². The Balaban J connectivity index is 1.87. The van der Waals surface area contributed by atoms with Crippen molar-refractivity contribution >= 4 is 29.1 Å². The van der Waals surface area contributed by atoms with E-state index in [1.807, 2.05) is 30.3 Å². The molecule has 3 aromatic rings. The molecule has 1 aromatic heterocycles. The molecule has 3 heterocycles. The van der Waals surface area contributed by atoms with Gasteiger partial charge in [-0.15, -0.1) is 0 Å². The summed E-state index contributed by atoms with van der Waals surface area (Å²) < 4.78 is 5.12. The second-order valence-electron chi connectivity index (χ2n) is 10.5. The molecule has 33 heavy (non-hydrogen) atoms. The van der Waals surface area contributed by atoms with Gasteiger partial charge < -0.3 is 14.0 Å². The van der Waals surface area contributed by atoms with E-state index in [1.165, 1.54) is 28.0 Å². The highest BCUT2D eigenvalue weighted by Gasteiger charge is 2.52. The molecule has 0 spiro atoms. The van der Waals surface area contributed by atoms with E-state index < -0.39 is 6.62 Å². The van der Waals surface area contributed by atoms with Crippen LogP contribution in [0.5, 0.6) is 0 Å². The lowest BCUT2D eigenvalue weighted by Gasteiger charge is -2.41. The molecule has 0 bridgehead atoms. The van der Waals surface area contributed by atoms with Gasteiger partial charge in [-0.2, -0.15) is 0 Å². The standard InChI is InChI=1S/C28H33BN3O/c1-19-17-21(3)30-27(19)26(23-13-15-25(16-14-23)32(5,6)7)28-20(2)18-22(4)31(28)29(30,33)24-11-9-8-10-12-24/h8-18,33H,1-7H3/q+1. The summed E-state index contributed by atoms with van der Waals surface area (Å²) in [6, 6.07) is 21.2. The van der Waals surface area contributed by atoms with Gasteiger partial charge in [0.2, 0.25) is 0 Å². The second kappa shape index (κ2) is 7.18. The molecule has 0 saturated heterocycles. The van der Waals surface area contributed by atoms with E-state index in [9.17, 15) is 5.02 Å². The SMILES string of the molecule is CC1=CC(C)=[N+]2C1=C(c1ccc([N+](C)(C)C)cc1)c1c(C)cc(C)n1[B-]2(O)c1ccccc1. The van der Waals surface area contributed by atoms with Gasteiger partial charge in [-0.25, -0.2) is 0 Å². The quantitative estimate of drug-likeness (QED) is 0.482. The zero-order valence-corrected chi connectivity index (χ0v) is 20.7. The number of nitrogens with zero attached hydrogens (tertiary/aromatic N) is 3. The van der Waals surface area contributed by atoms with Crippen LogP contribution in [0.25, 0.3) is 5.57 Å². The van der Waals surface area contributed by atoms with E-state index in [0.29, 0.717) is 0 Å². The van der Waals surface area contributed by atoms with Crippen LogP contribution in [0.1, 0.15) is 36.4 Å². The summed E-state index contributed by atoms with van der Waals surface area (Å²) in [4.78, 5) is 0. The summed E-state index contributed by atoms with van der Waals surface area (Å²) in [7, 11) is 6.55. The average molecular weight is 438 g/mol. The number of benzene rings is 2. The molecule has 1 unspecified atom stereocenters. The summed E-state index contributed by atoms with van der Waals surface area (Å²) in [5.41, 5.74) is 11.2. The number of rotatable bonds is 3.